The van der Waals surface area contributed by atoms with E-state index in [0.717, 1.165) is 31.0 Å². The minimum Gasteiger partial charge on any atom is -0.385 e. The van der Waals surface area contributed by atoms with E-state index in [0.29, 0.717) is 5.69 Å². The van der Waals surface area contributed by atoms with Crippen molar-refractivity contribution in [3.8, 4) is 0 Å². The van der Waals surface area contributed by atoms with Crippen LogP contribution >= 0.6 is 0 Å². The Balaban J connectivity index is 1.89. The van der Waals surface area contributed by atoms with E-state index in [-0.39, 0.29) is 11.9 Å². The number of nitrogens with zero attached hydrogens (tertiary/aromatic N) is 1. The van der Waals surface area contributed by atoms with Crippen molar-refractivity contribution in [3.63, 3.8) is 0 Å². The number of nitrogens with one attached hydrogen (secondary N) is 2. The van der Waals surface area contributed by atoms with Crippen LogP contribution in [0.1, 0.15) is 50.0 Å². The normalized spacial score (nSPS) is 15.9. The van der Waals surface area contributed by atoms with Crippen LogP contribution in [-0.4, -0.2) is 23.5 Å². The summed E-state index contributed by atoms with van der Waals surface area (Å²) in [6.07, 6.45) is 6.45. The molecule has 1 aliphatic rings. The highest BCUT2D eigenvalue weighted by molar-refractivity contribution is 5.93. The zero-order valence-corrected chi connectivity index (χ0v) is 11.8. The van der Waals surface area contributed by atoms with Crippen LogP contribution in [0.5, 0.6) is 0 Å². The first-order valence-corrected chi connectivity index (χ1v) is 7.19. The van der Waals surface area contributed by atoms with E-state index in [9.17, 15) is 4.79 Å². The lowest BCUT2D eigenvalue weighted by molar-refractivity contribution is 0.0932. The lowest BCUT2D eigenvalue weighted by atomic mass is 10.1. The van der Waals surface area contributed by atoms with Gasteiger partial charge in [0.2, 0.25) is 0 Å². The average molecular weight is 261 g/mol. The molecule has 4 nitrogen and oxygen atoms in total. The van der Waals surface area contributed by atoms with Crippen molar-refractivity contribution in [3.05, 3.63) is 24.0 Å². The zero-order valence-electron chi connectivity index (χ0n) is 11.8. The second-order valence-corrected chi connectivity index (χ2v) is 5.41. The van der Waals surface area contributed by atoms with E-state index in [1.807, 2.05) is 12.1 Å². The van der Waals surface area contributed by atoms with Gasteiger partial charge in [0.15, 0.2) is 0 Å². The quantitative estimate of drug-likeness (QED) is 0.793. The van der Waals surface area contributed by atoms with Crippen molar-refractivity contribution in [1.29, 1.82) is 0 Å². The van der Waals surface area contributed by atoms with Crippen molar-refractivity contribution in [2.75, 3.05) is 11.9 Å². The van der Waals surface area contributed by atoms with Gasteiger partial charge in [-0.1, -0.05) is 19.8 Å². The molecule has 0 aromatic carbocycles. The first-order valence-electron chi connectivity index (χ1n) is 7.19. The molecule has 1 fully saturated rings. The highest BCUT2D eigenvalue weighted by Crippen LogP contribution is 2.33. The number of hydrogen-bond donors (Lipinski definition) is 2. The van der Waals surface area contributed by atoms with Crippen LogP contribution in [0, 0.1) is 5.92 Å². The predicted molar refractivity (Wildman–Crippen MR) is 77.3 cm³/mol. The SMILES string of the molecule is CCCNc1ccnc(C(=O)NC(C)CC2CC2)c1. The summed E-state index contributed by atoms with van der Waals surface area (Å²) < 4.78 is 0. The van der Waals surface area contributed by atoms with Crippen LogP contribution in [0.25, 0.3) is 0 Å². The molecule has 0 bridgehead atoms. The molecule has 2 N–H and O–H groups in total. The van der Waals surface area contributed by atoms with Gasteiger partial charge in [-0.25, -0.2) is 0 Å². The molecule has 4 heteroatoms. The van der Waals surface area contributed by atoms with Gasteiger partial charge in [-0.15, -0.1) is 0 Å². The molecule has 0 spiro atoms. The summed E-state index contributed by atoms with van der Waals surface area (Å²) in [6, 6.07) is 3.93. The second kappa shape index (κ2) is 6.55. The van der Waals surface area contributed by atoms with Crippen molar-refractivity contribution >= 4 is 11.6 Å². The molecule has 2 rings (SSSR count). The molecule has 1 aromatic heterocycles. The summed E-state index contributed by atoms with van der Waals surface area (Å²) in [5.41, 5.74) is 1.44. The molecule has 0 aliphatic heterocycles. The molecule has 1 amide bonds. The van der Waals surface area contributed by atoms with Gasteiger partial charge in [-0.2, -0.15) is 0 Å². The fourth-order valence-electron chi connectivity index (χ4n) is 2.14. The number of pyridine rings is 1. The van der Waals surface area contributed by atoms with Gasteiger partial charge in [0.1, 0.15) is 5.69 Å². The Labute approximate surface area is 115 Å². The number of amides is 1. The molecule has 1 aromatic rings. The number of rotatable bonds is 7. The van der Waals surface area contributed by atoms with Gasteiger partial charge in [0.25, 0.3) is 5.91 Å². The molecule has 1 atom stereocenters. The summed E-state index contributed by atoms with van der Waals surface area (Å²) in [6.45, 7) is 5.08. The monoisotopic (exact) mass is 261 g/mol. The van der Waals surface area contributed by atoms with Crippen molar-refractivity contribution in [2.24, 2.45) is 5.92 Å². The fourth-order valence-corrected chi connectivity index (χ4v) is 2.14. The van der Waals surface area contributed by atoms with Crippen molar-refractivity contribution < 1.29 is 4.79 Å². The maximum absolute atomic E-state index is 12.1. The molecule has 104 valence electrons. The Kier molecular flexibility index (Phi) is 4.77. The fraction of sp³-hybridized carbons (Fsp3) is 0.600. The molecule has 1 aliphatic carbocycles. The Morgan fingerprint density at radius 3 is 3.00 bits per heavy atom. The number of anilines is 1. The summed E-state index contributed by atoms with van der Waals surface area (Å²) in [5.74, 6) is 0.745. The van der Waals surface area contributed by atoms with Crippen LogP contribution < -0.4 is 10.6 Å². The third-order valence-corrected chi connectivity index (χ3v) is 3.33. The van der Waals surface area contributed by atoms with Gasteiger partial charge < -0.3 is 10.6 Å². The van der Waals surface area contributed by atoms with Gasteiger partial charge in [-0.05, 0) is 37.8 Å². The van der Waals surface area contributed by atoms with Crippen LogP contribution in [0.2, 0.25) is 0 Å². The van der Waals surface area contributed by atoms with E-state index < -0.39 is 0 Å². The lowest BCUT2D eigenvalue weighted by Crippen LogP contribution is -2.33. The van der Waals surface area contributed by atoms with Gasteiger partial charge in [-0.3, -0.25) is 9.78 Å². The van der Waals surface area contributed by atoms with E-state index >= 15 is 0 Å². The molecule has 19 heavy (non-hydrogen) atoms. The maximum Gasteiger partial charge on any atom is 0.270 e. The third kappa shape index (κ3) is 4.54. The zero-order chi connectivity index (χ0) is 13.7. The molecular formula is C15H23N3O. The third-order valence-electron chi connectivity index (χ3n) is 3.33. The Hall–Kier alpha value is -1.58. The standard InChI is InChI=1S/C15H23N3O/c1-3-7-16-13-6-8-17-14(10-13)15(19)18-11(2)9-12-4-5-12/h6,8,10-12H,3-5,7,9H2,1-2H3,(H,16,17)(H,18,19). The van der Waals surface area contributed by atoms with E-state index in [2.05, 4.69) is 29.5 Å². The molecule has 1 unspecified atom stereocenters. The van der Waals surface area contributed by atoms with Gasteiger partial charge in [0, 0.05) is 24.5 Å². The topological polar surface area (TPSA) is 54.0 Å². The molecule has 0 radical (unpaired) electrons. The van der Waals surface area contributed by atoms with E-state index in [4.69, 9.17) is 0 Å². The van der Waals surface area contributed by atoms with Gasteiger partial charge in [0.05, 0.1) is 0 Å². The summed E-state index contributed by atoms with van der Waals surface area (Å²) in [5, 5.41) is 6.29. The first kappa shape index (κ1) is 13.8. The smallest absolute Gasteiger partial charge is 0.270 e. The van der Waals surface area contributed by atoms with Crippen LogP contribution in [-0.2, 0) is 0 Å². The number of hydrogen-bond acceptors (Lipinski definition) is 3. The summed E-state index contributed by atoms with van der Waals surface area (Å²) in [7, 11) is 0. The largest absolute Gasteiger partial charge is 0.385 e. The number of carbonyl (C=O) groups excluding carboxylic acids is 1. The molecule has 1 heterocycles. The van der Waals surface area contributed by atoms with Crippen LogP contribution in [0.4, 0.5) is 5.69 Å². The van der Waals surface area contributed by atoms with Crippen molar-refractivity contribution in [1.82, 2.24) is 10.3 Å². The average Bonchev–Trinajstić information content (AvgIpc) is 3.20. The predicted octanol–water partition coefficient (Wildman–Crippen LogP) is 2.82. The minimum atomic E-state index is -0.0756. The summed E-state index contributed by atoms with van der Waals surface area (Å²) in [4.78, 5) is 16.2. The lowest BCUT2D eigenvalue weighted by Gasteiger charge is -2.13. The Morgan fingerprint density at radius 1 is 1.53 bits per heavy atom. The first-order chi connectivity index (χ1) is 9.19. The van der Waals surface area contributed by atoms with E-state index in [1.54, 1.807) is 6.20 Å². The van der Waals surface area contributed by atoms with E-state index in [1.165, 1.54) is 12.8 Å². The van der Waals surface area contributed by atoms with Crippen LogP contribution in [0.15, 0.2) is 18.3 Å². The number of aromatic nitrogens is 1. The molecule has 0 saturated heterocycles. The van der Waals surface area contributed by atoms with Gasteiger partial charge >= 0.3 is 0 Å². The Bertz CT molecular complexity index is 429. The highest BCUT2D eigenvalue weighted by atomic mass is 16.1. The highest BCUT2D eigenvalue weighted by Gasteiger charge is 2.24. The van der Waals surface area contributed by atoms with Crippen LogP contribution in [0.3, 0.4) is 0 Å². The minimum absolute atomic E-state index is 0.0756. The molecule has 1 saturated carbocycles. The number of carbonyl (C=O) groups is 1. The Morgan fingerprint density at radius 2 is 2.32 bits per heavy atom. The maximum atomic E-state index is 12.1. The second-order valence-electron chi connectivity index (χ2n) is 5.41. The molecular weight excluding hydrogens is 238 g/mol. The summed E-state index contributed by atoms with van der Waals surface area (Å²) >= 11 is 0. The van der Waals surface area contributed by atoms with Crippen molar-refractivity contribution in [2.45, 2.75) is 45.6 Å².